The molecule has 136 valence electrons. The molecule has 2 aromatic heterocycles. The van der Waals surface area contributed by atoms with Crippen molar-refractivity contribution in [3.63, 3.8) is 0 Å². The predicted octanol–water partition coefficient (Wildman–Crippen LogP) is 3.10. The Labute approximate surface area is 159 Å². The number of hydrogen-bond donors (Lipinski definition) is 0. The van der Waals surface area contributed by atoms with Gasteiger partial charge in [-0.3, -0.25) is 19.7 Å². The zero-order valence-corrected chi connectivity index (χ0v) is 15.2. The van der Waals surface area contributed by atoms with Gasteiger partial charge < -0.3 is 4.90 Å². The van der Waals surface area contributed by atoms with Crippen LogP contribution in [-0.4, -0.2) is 51.9 Å². The van der Waals surface area contributed by atoms with E-state index in [1.807, 2.05) is 29.3 Å². The van der Waals surface area contributed by atoms with Crippen molar-refractivity contribution < 1.29 is 4.79 Å². The summed E-state index contributed by atoms with van der Waals surface area (Å²) < 4.78 is 0. The Morgan fingerprint density at radius 2 is 1.70 bits per heavy atom. The van der Waals surface area contributed by atoms with Gasteiger partial charge in [-0.05, 0) is 29.3 Å². The van der Waals surface area contributed by atoms with Crippen molar-refractivity contribution in [3.05, 3.63) is 84.4 Å². The Bertz CT molecular complexity index is 890. The van der Waals surface area contributed by atoms with Crippen LogP contribution in [-0.2, 0) is 6.54 Å². The fraction of sp³-hybridized carbons (Fsp3) is 0.227. The minimum atomic E-state index is 0.0195. The average Bonchev–Trinajstić information content (AvgIpc) is 2.75. The molecule has 1 aliphatic heterocycles. The Hall–Kier alpha value is -3.05. The monoisotopic (exact) mass is 358 g/mol. The normalized spacial score (nSPS) is 14.9. The zero-order valence-electron chi connectivity index (χ0n) is 15.2. The van der Waals surface area contributed by atoms with E-state index in [4.69, 9.17) is 0 Å². The number of amides is 1. The topological polar surface area (TPSA) is 49.3 Å². The molecule has 0 atom stereocenters. The van der Waals surface area contributed by atoms with Gasteiger partial charge in [0.1, 0.15) is 5.69 Å². The second kappa shape index (κ2) is 8.10. The number of carbonyl (C=O) groups is 1. The molecule has 1 fully saturated rings. The molecule has 0 unspecified atom stereocenters. The largest absolute Gasteiger partial charge is 0.335 e. The minimum Gasteiger partial charge on any atom is -0.335 e. The maximum atomic E-state index is 12.5. The quantitative estimate of drug-likeness (QED) is 0.719. The van der Waals surface area contributed by atoms with E-state index in [9.17, 15) is 4.79 Å². The van der Waals surface area contributed by atoms with E-state index in [1.54, 1.807) is 18.5 Å². The van der Waals surface area contributed by atoms with Crippen LogP contribution in [0.15, 0.2) is 73.2 Å². The maximum absolute atomic E-state index is 12.5. The van der Waals surface area contributed by atoms with E-state index in [2.05, 4.69) is 45.2 Å². The molecule has 4 rings (SSSR count). The Morgan fingerprint density at radius 1 is 0.889 bits per heavy atom. The van der Waals surface area contributed by atoms with E-state index in [0.717, 1.165) is 38.3 Å². The summed E-state index contributed by atoms with van der Waals surface area (Å²) in [5.41, 5.74) is 4.16. The van der Waals surface area contributed by atoms with Gasteiger partial charge in [-0.2, -0.15) is 0 Å². The van der Waals surface area contributed by atoms with Crippen molar-refractivity contribution in [1.82, 2.24) is 19.8 Å². The first-order valence-electron chi connectivity index (χ1n) is 9.22. The summed E-state index contributed by atoms with van der Waals surface area (Å²) in [5.74, 6) is 0.0195. The molecule has 3 heterocycles. The second-order valence-corrected chi connectivity index (χ2v) is 6.68. The highest BCUT2D eigenvalue weighted by molar-refractivity contribution is 5.92. The van der Waals surface area contributed by atoms with Crippen molar-refractivity contribution in [2.45, 2.75) is 6.54 Å². The molecule has 1 amide bonds. The van der Waals surface area contributed by atoms with E-state index >= 15 is 0 Å². The lowest BCUT2D eigenvalue weighted by Gasteiger charge is -2.35. The molecule has 5 heteroatoms. The van der Waals surface area contributed by atoms with Crippen LogP contribution in [0.2, 0.25) is 0 Å². The number of aromatic nitrogens is 2. The van der Waals surface area contributed by atoms with Crippen molar-refractivity contribution in [1.29, 1.82) is 0 Å². The van der Waals surface area contributed by atoms with E-state index in [-0.39, 0.29) is 5.91 Å². The number of benzene rings is 1. The standard InChI is InChI=1S/C22H22N4O/c27-22(21-9-3-4-11-24-21)26-14-12-25(13-15-26)17-19-6-1-2-8-20(19)18-7-5-10-23-16-18/h1-11,16H,12-15,17H2. The van der Waals surface area contributed by atoms with Crippen LogP contribution in [0.3, 0.4) is 0 Å². The molecule has 3 aromatic rings. The SMILES string of the molecule is O=C(c1ccccn1)N1CCN(Cc2ccccc2-c2cccnc2)CC1. The molecule has 0 bridgehead atoms. The Morgan fingerprint density at radius 3 is 2.44 bits per heavy atom. The van der Waals surface area contributed by atoms with Gasteiger partial charge in [0, 0.05) is 56.9 Å². The third-order valence-corrected chi connectivity index (χ3v) is 4.93. The van der Waals surface area contributed by atoms with Gasteiger partial charge in [-0.1, -0.05) is 36.4 Å². The lowest BCUT2D eigenvalue weighted by atomic mass is 10.0. The summed E-state index contributed by atoms with van der Waals surface area (Å²) in [4.78, 5) is 25.3. The zero-order chi connectivity index (χ0) is 18.5. The van der Waals surface area contributed by atoms with Gasteiger partial charge in [0.25, 0.3) is 5.91 Å². The highest BCUT2D eigenvalue weighted by Gasteiger charge is 2.23. The van der Waals surface area contributed by atoms with E-state index in [0.29, 0.717) is 5.69 Å². The summed E-state index contributed by atoms with van der Waals surface area (Å²) in [6, 6.07) is 18.0. The lowest BCUT2D eigenvalue weighted by Crippen LogP contribution is -2.48. The number of nitrogens with zero attached hydrogens (tertiary/aromatic N) is 4. The van der Waals surface area contributed by atoms with Gasteiger partial charge in [0.05, 0.1) is 0 Å². The molecule has 0 N–H and O–H groups in total. The van der Waals surface area contributed by atoms with Crippen LogP contribution >= 0.6 is 0 Å². The fourth-order valence-electron chi connectivity index (χ4n) is 3.46. The van der Waals surface area contributed by atoms with Gasteiger partial charge in [0.2, 0.25) is 0 Å². The fourth-order valence-corrected chi connectivity index (χ4v) is 3.46. The molecular weight excluding hydrogens is 336 g/mol. The summed E-state index contributed by atoms with van der Waals surface area (Å²) >= 11 is 0. The Balaban J connectivity index is 1.41. The van der Waals surface area contributed by atoms with Crippen LogP contribution in [0.25, 0.3) is 11.1 Å². The molecule has 1 saturated heterocycles. The van der Waals surface area contributed by atoms with Gasteiger partial charge in [-0.25, -0.2) is 0 Å². The number of hydrogen-bond acceptors (Lipinski definition) is 4. The van der Waals surface area contributed by atoms with E-state index < -0.39 is 0 Å². The lowest BCUT2D eigenvalue weighted by molar-refractivity contribution is 0.0623. The predicted molar refractivity (Wildman–Crippen MR) is 105 cm³/mol. The van der Waals surface area contributed by atoms with Gasteiger partial charge >= 0.3 is 0 Å². The highest BCUT2D eigenvalue weighted by atomic mass is 16.2. The Kier molecular flexibility index (Phi) is 5.21. The van der Waals surface area contributed by atoms with Crippen molar-refractivity contribution in [2.75, 3.05) is 26.2 Å². The molecule has 0 saturated carbocycles. The average molecular weight is 358 g/mol. The van der Waals surface area contributed by atoms with Crippen molar-refractivity contribution in [2.24, 2.45) is 0 Å². The van der Waals surface area contributed by atoms with Crippen molar-refractivity contribution >= 4 is 5.91 Å². The molecule has 0 spiro atoms. The van der Waals surface area contributed by atoms with Crippen molar-refractivity contribution in [3.8, 4) is 11.1 Å². The van der Waals surface area contributed by atoms with Crippen LogP contribution in [0.1, 0.15) is 16.1 Å². The molecule has 0 aliphatic carbocycles. The molecular formula is C22H22N4O. The summed E-state index contributed by atoms with van der Waals surface area (Å²) in [6.45, 7) is 4.05. The molecule has 5 nitrogen and oxygen atoms in total. The van der Waals surface area contributed by atoms with Crippen LogP contribution in [0.5, 0.6) is 0 Å². The third-order valence-electron chi connectivity index (χ3n) is 4.93. The van der Waals surface area contributed by atoms with Gasteiger partial charge in [-0.15, -0.1) is 0 Å². The van der Waals surface area contributed by atoms with Crippen LogP contribution in [0, 0.1) is 0 Å². The summed E-state index contributed by atoms with van der Waals surface area (Å²) in [6.07, 6.45) is 5.37. The maximum Gasteiger partial charge on any atom is 0.272 e. The van der Waals surface area contributed by atoms with Crippen LogP contribution < -0.4 is 0 Å². The molecule has 1 aromatic carbocycles. The number of rotatable bonds is 4. The number of piperazine rings is 1. The summed E-state index contributed by atoms with van der Waals surface area (Å²) in [7, 11) is 0. The van der Waals surface area contributed by atoms with E-state index in [1.165, 1.54) is 11.1 Å². The minimum absolute atomic E-state index is 0.0195. The van der Waals surface area contributed by atoms with Crippen LogP contribution in [0.4, 0.5) is 0 Å². The number of carbonyl (C=O) groups excluding carboxylic acids is 1. The first-order valence-corrected chi connectivity index (χ1v) is 9.22. The first-order chi connectivity index (χ1) is 13.3. The third kappa shape index (κ3) is 4.04. The molecule has 27 heavy (non-hydrogen) atoms. The number of pyridine rings is 2. The summed E-state index contributed by atoms with van der Waals surface area (Å²) in [5, 5.41) is 0. The second-order valence-electron chi connectivity index (χ2n) is 6.68. The smallest absolute Gasteiger partial charge is 0.272 e. The highest BCUT2D eigenvalue weighted by Crippen LogP contribution is 2.24. The molecule has 1 aliphatic rings. The first kappa shape index (κ1) is 17.4. The molecule has 0 radical (unpaired) electrons. The van der Waals surface area contributed by atoms with Gasteiger partial charge in [0.15, 0.2) is 0 Å².